The molecule has 0 saturated carbocycles. The molecule has 6 heteroatoms. The number of nitrogens with one attached hydrogen (secondary N) is 3. The summed E-state index contributed by atoms with van der Waals surface area (Å²) < 4.78 is 6.08. The monoisotopic (exact) mass is 374 g/mol. The van der Waals surface area contributed by atoms with Crippen molar-refractivity contribution in [2.45, 2.75) is 39.7 Å². The zero-order valence-electron chi connectivity index (χ0n) is 17.0. The van der Waals surface area contributed by atoms with E-state index in [9.17, 15) is 4.79 Å². The van der Waals surface area contributed by atoms with Gasteiger partial charge in [0.15, 0.2) is 5.96 Å². The first kappa shape index (κ1) is 21.2. The lowest BCUT2D eigenvalue weighted by molar-refractivity contribution is -0.123. The van der Waals surface area contributed by atoms with Crippen LogP contribution in [0.5, 0.6) is 0 Å². The van der Waals surface area contributed by atoms with Crippen LogP contribution in [-0.2, 0) is 9.53 Å². The van der Waals surface area contributed by atoms with Crippen molar-refractivity contribution in [3.05, 3.63) is 35.4 Å². The molecule has 1 aromatic carbocycles. The van der Waals surface area contributed by atoms with Gasteiger partial charge in [-0.05, 0) is 25.3 Å². The molecule has 1 heterocycles. The van der Waals surface area contributed by atoms with Crippen molar-refractivity contribution in [1.29, 1.82) is 0 Å². The lowest BCUT2D eigenvalue weighted by atomic mass is 9.89. The summed E-state index contributed by atoms with van der Waals surface area (Å²) >= 11 is 0. The first-order valence-corrected chi connectivity index (χ1v) is 9.91. The summed E-state index contributed by atoms with van der Waals surface area (Å²) in [5.41, 5.74) is 2.50. The molecular weight excluding hydrogens is 340 g/mol. The van der Waals surface area contributed by atoms with Crippen LogP contribution in [0.4, 0.5) is 0 Å². The Hall–Kier alpha value is -2.08. The van der Waals surface area contributed by atoms with Crippen molar-refractivity contribution in [2.75, 3.05) is 33.3 Å². The Kier molecular flexibility index (Phi) is 8.58. The van der Waals surface area contributed by atoms with Crippen LogP contribution in [0.15, 0.2) is 29.3 Å². The summed E-state index contributed by atoms with van der Waals surface area (Å²) in [5.74, 6) is 1.23. The smallest absolute Gasteiger partial charge is 0.222 e. The number of aliphatic imine (C=N–C) groups is 1. The molecule has 0 bridgehead atoms. The number of guanidine groups is 1. The number of carbonyl (C=O) groups is 1. The first-order valence-electron chi connectivity index (χ1n) is 9.91. The summed E-state index contributed by atoms with van der Waals surface area (Å²) in [7, 11) is 1.76. The van der Waals surface area contributed by atoms with Gasteiger partial charge in [0.05, 0.1) is 6.10 Å². The van der Waals surface area contributed by atoms with Crippen molar-refractivity contribution < 1.29 is 9.53 Å². The van der Waals surface area contributed by atoms with Gasteiger partial charge in [-0.3, -0.25) is 9.79 Å². The maximum atomic E-state index is 11.6. The predicted octanol–water partition coefficient (Wildman–Crippen LogP) is 2.40. The first-order chi connectivity index (χ1) is 13.0. The fourth-order valence-electron chi connectivity index (χ4n) is 3.20. The molecule has 2 unspecified atom stereocenters. The normalized spacial score (nSPS) is 20.4. The SMILES string of the molecule is CN=C(NCCNC(=O)C(C)C)NCC1CCCOC1c1ccc(C)cc1. The lowest BCUT2D eigenvalue weighted by Crippen LogP contribution is -2.44. The largest absolute Gasteiger partial charge is 0.373 e. The third-order valence-electron chi connectivity index (χ3n) is 4.85. The highest BCUT2D eigenvalue weighted by molar-refractivity contribution is 5.80. The quantitative estimate of drug-likeness (QED) is 0.389. The second-order valence-electron chi connectivity index (χ2n) is 7.43. The highest BCUT2D eigenvalue weighted by Gasteiger charge is 2.27. The van der Waals surface area contributed by atoms with E-state index in [4.69, 9.17) is 4.74 Å². The minimum Gasteiger partial charge on any atom is -0.373 e. The molecule has 1 aliphatic rings. The Morgan fingerprint density at radius 3 is 2.56 bits per heavy atom. The molecule has 1 aliphatic heterocycles. The predicted molar refractivity (Wildman–Crippen MR) is 110 cm³/mol. The third-order valence-corrected chi connectivity index (χ3v) is 4.85. The van der Waals surface area contributed by atoms with Crippen LogP contribution in [-0.4, -0.2) is 45.2 Å². The van der Waals surface area contributed by atoms with Crippen LogP contribution in [0.1, 0.15) is 43.9 Å². The number of carbonyl (C=O) groups excluding carboxylic acids is 1. The topological polar surface area (TPSA) is 74.8 Å². The summed E-state index contributed by atoms with van der Waals surface area (Å²) in [6, 6.07) is 8.62. The van der Waals surface area contributed by atoms with Crippen LogP contribution in [0, 0.1) is 18.8 Å². The van der Waals surface area contributed by atoms with Gasteiger partial charge in [0.1, 0.15) is 0 Å². The van der Waals surface area contributed by atoms with E-state index in [1.165, 1.54) is 11.1 Å². The fourth-order valence-corrected chi connectivity index (χ4v) is 3.20. The Bertz CT molecular complexity index is 613. The second kappa shape index (κ2) is 10.9. The lowest BCUT2D eigenvalue weighted by Gasteiger charge is -2.32. The molecule has 2 rings (SSSR count). The number of rotatable bonds is 7. The van der Waals surface area contributed by atoms with Crippen LogP contribution >= 0.6 is 0 Å². The van der Waals surface area contributed by atoms with E-state index in [1.807, 2.05) is 13.8 Å². The average Bonchev–Trinajstić information content (AvgIpc) is 2.68. The van der Waals surface area contributed by atoms with Gasteiger partial charge in [-0.2, -0.15) is 0 Å². The number of hydrogen-bond acceptors (Lipinski definition) is 3. The van der Waals surface area contributed by atoms with Crippen molar-refractivity contribution in [3.63, 3.8) is 0 Å². The Balaban J connectivity index is 1.81. The Morgan fingerprint density at radius 1 is 1.19 bits per heavy atom. The van der Waals surface area contributed by atoms with Gasteiger partial charge >= 0.3 is 0 Å². The molecule has 0 aliphatic carbocycles. The summed E-state index contributed by atoms with van der Waals surface area (Å²) in [6.07, 6.45) is 2.34. The highest BCUT2D eigenvalue weighted by Crippen LogP contribution is 2.33. The maximum absolute atomic E-state index is 11.6. The number of ether oxygens (including phenoxy) is 1. The molecule has 0 aromatic heterocycles. The van der Waals surface area contributed by atoms with Gasteiger partial charge in [-0.1, -0.05) is 43.7 Å². The molecule has 0 spiro atoms. The Morgan fingerprint density at radius 2 is 1.89 bits per heavy atom. The minimum atomic E-state index is 0.00690. The van der Waals surface area contributed by atoms with Crippen molar-refractivity contribution >= 4 is 11.9 Å². The van der Waals surface area contributed by atoms with E-state index in [0.717, 1.165) is 32.0 Å². The number of benzene rings is 1. The van der Waals surface area contributed by atoms with Gasteiger partial charge in [-0.25, -0.2) is 0 Å². The number of nitrogens with zero attached hydrogens (tertiary/aromatic N) is 1. The zero-order chi connectivity index (χ0) is 19.6. The van der Waals surface area contributed by atoms with E-state index < -0.39 is 0 Å². The summed E-state index contributed by atoms with van der Waals surface area (Å²) in [6.45, 7) is 8.72. The summed E-state index contributed by atoms with van der Waals surface area (Å²) in [4.78, 5) is 15.9. The van der Waals surface area contributed by atoms with Crippen molar-refractivity contribution in [1.82, 2.24) is 16.0 Å². The molecular formula is C21H34N4O2. The van der Waals surface area contributed by atoms with E-state index in [0.29, 0.717) is 19.0 Å². The molecule has 1 saturated heterocycles. The molecule has 150 valence electrons. The zero-order valence-corrected chi connectivity index (χ0v) is 17.0. The van der Waals surface area contributed by atoms with E-state index in [2.05, 4.69) is 52.1 Å². The molecule has 1 amide bonds. The molecule has 1 fully saturated rings. The average molecular weight is 375 g/mol. The van der Waals surface area contributed by atoms with Gasteiger partial charge < -0.3 is 20.7 Å². The minimum absolute atomic E-state index is 0.00690. The maximum Gasteiger partial charge on any atom is 0.222 e. The molecule has 1 aromatic rings. The van der Waals surface area contributed by atoms with Crippen molar-refractivity contribution in [3.8, 4) is 0 Å². The fraction of sp³-hybridized carbons (Fsp3) is 0.619. The second-order valence-corrected chi connectivity index (χ2v) is 7.43. The van der Waals surface area contributed by atoms with Gasteiger partial charge in [0.25, 0.3) is 0 Å². The molecule has 6 nitrogen and oxygen atoms in total. The number of amides is 1. The molecule has 3 N–H and O–H groups in total. The standard InChI is InChI=1S/C21H34N4O2/c1-15(2)20(26)23-11-12-24-21(22-4)25-14-18-6-5-13-27-19(18)17-9-7-16(3)8-10-17/h7-10,15,18-19H,5-6,11-14H2,1-4H3,(H,23,26)(H2,22,24,25). The van der Waals surface area contributed by atoms with Gasteiger partial charge in [-0.15, -0.1) is 0 Å². The van der Waals surface area contributed by atoms with Crippen LogP contribution in [0.3, 0.4) is 0 Å². The van der Waals surface area contributed by atoms with E-state index in [-0.39, 0.29) is 17.9 Å². The number of aryl methyl sites for hydroxylation is 1. The number of hydrogen-bond donors (Lipinski definition) is 3. The van der Waals surface area contributed by atoms with E-state index in [1.54, 1.807) is 7.05 Å². The highest BCUT2D eigenvalue weighted by atomic mass is 16.5. The van der Waals surface area contributed by atoms with Crippen molar-refractivity contribution in [2.24, 2.45) is 16.8 Å². The van der Waals surface area contributed by atoms with Crippen LogP contribution < -0.4 is 16.0 Å². The summed E-state index contributed by atoms with van der Waals surface area (Å²) in [5, 5.41) is 9.55. The molecule has 2 atom stereocenters. The third kappa shape index (κ3) is 6.86. The molecule has 27 heavy (non-hydrogen) atoms. The molecule has 0 radical (unpaired) electrons. The van der Waals surface area contributed by atoms with Crippen LogP contribution in [0.25, 0.3) is 0 Å². The van der Waals surface area contributed by atoms with Gasteiger partial charge in [0.2, 0.25) is 5.91 Å². The Labute approximate surface area is 163 Å². The van der Waals surface area contributed by atoms with Crippen LogP contribution in [0.2, 0.25) is 0 Å². The van der Waals surface area contributed by atoms with Gasteiger partial charge in [0, 0.05) is 45.1 Å². The van der Waals surface area contributed by atoms with E-state index >= 15 is 0 Å².